The molecular formula is C5H7N3O3. The maximum Gasteiger partial charge on any atom is 0.471 e. The molecule has 60 valence electrons. The minimum atomic E-state index is -0.736. The third-order valence-corrected chi connectivity index (χ3v) is 1.46. The molecule has 0 spiro atoms. The zero-order valence-electron chi connectivity index (χ0n) is 6.11. The summed E-state index contributed by atoms with van der Waals surface area (Å²) in [6, 6.07) is 0. The molecule has 0 aromatic carbocycles. The number of nitro groups is 1. The standard InChI is InChI=1S/C5H7N3O3/c1-3-4(2)7(9)5(6-3)8(10)11/h9H,1-2H3. The van der Waals surface area contributed by atoms with Crippen LogP contribution < -0.4 is 0 Å². The average Bonchev–Trinajstić information content (AvgIpc) is 2.17. The Kier molecular flexibility index (Phi) is 1.52. The van der Waals surface area contributed by atoms with E-state index in [0.717, 1.165) is 0 Å². The Bertz CT molecular complexity index is 304. The molecule has 0 bridgehead atoms. The highest BCUT2D eigenvalue weighted by Gasteiger charge is 2.21. The molecule has 1 rings (SSSR count). The van der Waals surface area contributed by atoms with E-state index in [1.54, 1.807) is 13.8 Å². The van der Waals surface area contributed by atoms with Crippen molar-refractivity contribution < 1.29 is 10.1 Å². The van der Waals surface area contributed by atoms with Crippen molar-refractivity contribution in [1.29, 1.82) is 0 Å². The Morgan fingerprint density at radius 3 is 2.36 bits per heavy atom. The van der Waals surface area contributed by atoms with E-state index in [9.17, 15) is 10.1 Å². The lowest BCUT2D eigenvalue weighted by Crippen LogP contribution is -2.00. The summed E-state index contributed by atoms with van der Waals surface area (Å²) in [7, 11) is 0. The summed E-state index contributed by atoms with van der Waals surface area (Å²) in [5.74, 6) is -0.542. The third kappa shape index (κ3) is 1.02. The van der Waals surface area contributed by atoms with Crippen LogP contribution in [0.15, 0.2) is 0 Å². The second-order valence-corrected chi connectivity index (χ2v) is 2.15. The second-order valence-electron chi connectivity index (χ2n) is 2.15. The summed E-state index contributed by atoms with van der Waals surface area (Å²) < 4.78 is 0.468. The van der Waals surface area contributed by atoms with Gasteiger partial charge in [-0.2, -0.15) is 0 Å². The zero-order valence-corrected chi connectivity index (χ0v) is 6.11. The van der Waals surface area contributed by atoms with Crippen molar-refractivity contribution in [1.82, 2.24) is 9.71 Å². The first kappa shape index (κ1) is 7.52. The predicted octanol–water partition coefficient (Wildman–Crippen LogP) is 0.645. The summed E-state index contributed by atoms with van der Waals surface area (Å²) in [4.78, 5) is 12.9. The topological polar surface area (TPSA) is 81.2 Å². The lowest BCUT2D eigenvalue weighted by Gasteiger charge is -1.91. The number of nitrogens with zero attached hydrogens (tertiary/aromatic N) is 3. The molecule has 0 saturated heterocycles. The highest BCUT2D eigenvalue weighted by atomic mass is 16.6. The molecule has 1 aromatic rings. The first-order chi connectivity index (χ1) is 5.04. The van der Waals surface area contributed by atoms with Crippen molar-refractivity contribution in [2.24, 2.45) is 0 Å². The second kappa shape index (κ2) is 2.22. The molecule has 0 saturated carbocycles. The maximum absolute atomic E-state index is 10.1. The molecule has 11 heavy (non-hydrogen) atoms. The molecule has 1 N–H and O–H groups in total. The number of aryl methyl sites for hydroxylation is 1. The van der Waals surface area contributed by atoms with Crippen LogP contribution in [0.2, 0.25) is 0 Å². The number of aromatic nitrogens is 2. The van der Waals surface area contributed by atoms with Crippen molar-refractivity contribution in [3.63, 3.8) is 0 Å². The highest BCUT2D eigenvalue weighted by Crippen LogP contribution is 2.13. The van der Waals surface area contributed by atoms with Gasteiger partial charge in [0.1, 0.15) is 0 Å². The van der Waals surface area contributed by atoms with Gasteiger partial charge >= 0.3 is 5.95 Å². The van der Waals surface area contributed by atoms with Crippen molar-refractivity contribution in [2.75, 3.05) is 0 Å². The van der Waals surface area contributed by atoms with Gasteiger partial charge in [0.05, 0.1) is 0 Å². The smallest absolute Gasteiger partial charge is 0.390 e. The Morgan fingerprint density at radius 2 is 2.18 bits per heavy atom. The van der Waals surface area contributed by atoms with Gasteiger partial charge < -0.3 is 15.3 Å². The Balaban J connectivity index is 3.29. The van der Waals surface area contributed by atoms with Crippen molar-refractivity contribution in [3.8, 4) is 0 Å². The van der Waals surface area contributed by atoms with Gasteiger partial charge in [0, 0.05) is 0 Å². The van der Waals surface area contributed by atoms with Crippen molar-refractivity contribution >= 4 is 5.95 Å². The Morgan fingerprint density at radius 1 is 1.64 bits per heavy atom. The normalized spacial score (nSPS) is 10.0. The van der Waals surface area contributed by atoms with Crippen LogP contribution in [-0.4, -0.2) is 19.8 Å². The van der Waals surface area contributed by atoms with Crippen LogP contribution in [0.3, 0.4) is 0 Å². The monoisotopic (exact) mass is 157 g/mol. The van der Waals surface area contributed by atoms with E-state index in [0.29, 0.717) is 16.1 Å². The molecule has 0 atom stereocenters. The van der Waals surface area contributed by atoms with Crippen molar-refractivity contribution in [3.05, 3.63) is 21.5 Å². The maximum atomic E-state index is 10.1. The summed E-state index contributed by atoms with van der Waals surface area (Å²) in [5, 5.41) is 19.2. The molecule has 0 unspecified atom stereocenters. The van der Waals surface area contributed by atoms with Crippen LogP contribution in [0, 0.1) is 24.0 Å². The van der Waals surface area contributed by atoms with Crippen LogP contribution in [0.4, 0.5) is 5.95 Å². The van der Waals surface area contributed by atoms with Gasteiger partial charge in [-0.05, 0) is 18.8 Å². The quantitative estimate of drug-likeness (QED) is 0.368. The van der Waals surface area contributed by atoms with Gasteiger partial charge in [0.2, 0.25) is 0 Å². The first-order valence-corrected chi connectivity index (χ1v) is 2.93. The molecule has 6 nitrogen and oxygen atoms in total. The summed E-state index contributed by atoms with van der Waals surface area (Å²) in [6.07, 6.45) is 0. The molecule has 0 aliphatic heterocycles. The molecular weight excluding hydrogens is 150 g/mol. The summed E-state index contributed by atoms with van der Waals surface area (Å²) >= 11 is 0. The van der Waals surface area contributed by atoms with Crippen LogP contribution in [0.5, 0.6) is 0 Å². The van der Waals surface area contributed by atoms with E-state index in [1.807, 2.05) is 0 Å². The van der Waals surface area contributed by atoms with E-state index in [-0.39, 0.29) is 0 Å². The van der Waals surface area contributed by atoms with Gasteiger partial charge in [0.15, 0.2) is 11.4 Å². The molecule has 0 aliphatic carbocycles. The Hall–Kier alpha value is -1.59. The van der Waals surface area contributed by atoms with Crippen LogP contribution in [-0.2, 0) is 0 Å². The van der Waals surface area contributed by atoms with Gasteiger partial charge in [-0.1, -0.05) is 9.71 Å². The van der Waals surface area contributed by atoms with E-state index in [4.69, 9.17) is 5.21 Å². The minimum absolute atomic E-state index is 0.386. The molecule has 1 heterocycles. The van der Waals surface area contributed by atoms with Crippen LogP contribution >= 0.6 is 0 Å². The number of imidazole rings is 1. The van der Waals surface area contributed by atoms with Gasteiger partial charge in [-0.15, -0.1) is 0 Å². The van der Waals surface area contributed by atoms with E-state index in [1.165, 1.54) is 0 Å². The number of hydrogen-bond acceptors (Lipinski definition) is 4. The largest absolute Gasteiger partial charge is 0.471 e. The minimum Gasteiger partial charge on any atom is -0.390 e. The lowest BCUT2D eigenvalue weighted by atomic mass is 10.4. The first-order valence-electron chi connectivity index (χ1n) is 2.93. The third-order valence-electron chi connectivity index (χ3n) is 1.46. The SMILES string of the molecule is Cc1nc([N+](=O)[O-])n(O)c1C. The molecule has 0 radical (unpaired) electrons. The van der Waals surface area contributed by atoms with E-state index in [2.05, 4.69) is 4.98 Å². The van der Waals surface area contributed by atoms with Gasteiger partial charge in [-0.25, -0.2) is 0 Å². The fraction of sp³-hybridized carbons (Fsp3) is 0.400. The molecule has 0 aliphatic rings. The van der Waals surface area contributed by atoms with E-state index >= 15 is 0 Å². The van der Waals surface area contributed by atoms with Crippen LogP contribution in [0.1, 0.15) is 11.4 Å². The number of hydrogen-bond donors (Lipinski definition) is 1. The molecule has 1 aromatic heterocycles. The van der Waals surface area contributed by atoms with Crippen molar-refractivity contribution in [2.45, 2.75) is 13.8 Å². The predicted molar refractivity (Wildman–Crippen MR) is 35.5 cm³/mol. The Labute approximate surface area is 62.2 Å². The average molecular weight is 157 g/mol. The van der Waals surface area contributed by atoms with E-state index < -0.39 is 10.9 Å². The summed E-state index contributed by atoms with van der Waals surface area (Å²) in [6.45, 7) is 3.14. The fourth-order valence-corrected chi connectivity index (χ4v) is 0.700. The molecule has 0 fully saturated rings. The summed E-state index contributed by atoms with van der Waals surface area (Å²) in [5.41, 5.74) is 0.843. The highest BCUT2D eigenvalue weighted by molar-refractivity contribution is 5.19. The van der Waals surface area contributed by atoms with Gasteiger partial charge in [0.25, 0.3) is 0 Å². The van der Waals surface area contributed by atoms with Crippen LogP contribution in [0.25, 0.3) is 0 Å². The number of rotatable bonds is 1. The zero-order chi connectivity index (χ0) is 8.59. The van der Waals surface area contributed by atoms with Gasteiger partial charge in [-0.3, -0.25) is 0 Å². The molecule has 0 amide bonds. The lowest BCUT2D eigenvalue weighted by molar-refractivity contribution is -0.401. The fourth-order valence-electron chi connectivity index (χ4n) is 0.700. The molecule has 6 heteroatoms.